The summed E-state index contributed by atoms with van der Waals surface area (Å²) in [4.78, 5) is 19.0. The molecule has 0 amide bonds. The van der Waals surface area contributed by atoms with Crippen LogP contribution in [-0.4, -0.2) is 19.9 Å². The Morgan fingerprint density at radius 3 is 1.79 bits per heavy atom. The maximum Gasteiger partial charge on any atom is 0.0972 e. The van der Waals surface area contributed by atoms with E-state index in [1.807, 2.05) is 30.7 Å². The minimum Gasteiger partial charge on any atom is -0.264 e. The van der Waals surface area contributed by atoms with Gasteiger partial charge in [-0.1, -0.05) is 66.7 Å². The van der Waals surface area contributed by atoms with Crippen molar-refractivity contribution in [3.8, 4) is 22.5 Å². The zero-order valence-electron chi connectivity index (χ0n) is 20.3. The first-order valence-electron chi connectivity index (χ1n) is 12.6. The zero-order chi connectivity index (χ0) is 25.1. The van der Waals surface area contributed by atoms with Crippen molar-refractivity contribution < 1.29 is 0 Å². The highest BCUT2D eigenvalue weighted by Crippen LogP contribution is 2.31. The van der Waals surface area contributed by atoms with Crippen molar-refractivity contribution in [2.24, 2.45) is 0 Å². The van der Waals surface area contributed by atoms with Gasteiger partial charge in [0.05, 0.1) is 27.9 Å². The molecule has 0 aliphatic rings. The second-order valence-corrected chi connectivity index (χ2v) is 9.62. The van der Waals surface area contributed by atoms with Crippen LogP contribution in [0.2, 0.25) is 0 Å². The van der Waals surface area contributed by atoms with E-state index in [2.05, 4.69) is 101 Å². The summed E-state index contributed by atoms with van der Waals surface area (Å²) in [6, 6.07) is 36.0. The third-order valence-corrected chi connectivity index (χ3v) is 7.34. The van der Waals surface area contributed by atoms with Crippen molar-refractivity contribution in [3.63, 3.8) is 0 Å². The van der Waals surface area contributed by atoms with Crippen molar-refractivity contribution in [2.75, 3.05) is 0 Å². The topological polar surface area (TPSA) is 51.6 Å². The molecule has 0 N–H and O–H groups in total. The fourth-order valence-electron chi connectivity index (χ4n) is 5.36. The maximum absolute atomic E-state index is 5.06. The van der Waals surface area contributed by atoms with Crippen molar-refractivity contribution in [1.29, 1.82) is 0 Å². The van der Waals surface area contributed by atoms with Gasteiger partial charge in [-0.05, 0) is 52.6 Å². The number of hydrogen-bond acceptors (Lipinski definition) is 4. The quantitative estimate of drug-likeness (QED) is 0.231. The molecule has 8 aromatic rings. The molecule has 176 valence electrons. The van der Waals surface area contributed by atoms with Gasteiger partial charge in [0.15, 0.2) is 0 Å². The number of benzene rings is 4. The van der Waals surface area contributed by atoms with Gasteiger partial charge in [0, 0.05) is 51.3 Å². The second kappa shape index (κ2) is 8.15. The smallest absolute Gasteiger partial charge is 0.0972 e. The van der Waals surface area contributed by atoms with E-state index in [0.29, 0.717) is 0 Å². The SMILES string of the molecule is c1cnc2c(c1)ccc1ccc(-c3ccc4ccc(-c5ccc6ccc7ccncc7c6n5)cc4c3)nc12. The summed E-state index contributed by atoms with van der Waals surface area (Å²) in [6.07, 6.45) is 5.55. The van der Waals surface area contributed by atoms with Gasteiger partial charge in [-0.2, -0.15) is 0 Å². The first-order valence-corrected chi connectivity index (χ1v) is 12.6. The van der Waals surface area contributed by atoms with Crippen molar-refractivity contribution >= 4 is 54.3 Å². The molecule has 0 aliphatic carbocycles. The normalized spacial score (nSPS) is 11.7. The van der Waals surface area contributed by atoms with Gasteiger partial charge in [0.2, 0.25) is 0 Å². The van der Waals surface area contributed by atoms with Crippen LogP contribution in [0.1, 0.15) is 0 Å². The number of pyridine rings is 4. The molecule has 0 unspecified atom stereocenters. The van der Waals surface area contributed by atoms with E-state index in [4.69, 9.17) is 9.97 Å². The van der Waals surface area contributed by atoms with E-state index < -0.39 is 0 Å². The molecule has 4 heteroatoms. The summed E-state index contributed by atoms with van der Waals surface area (Å²) in [5.74, 6) is 0. The Kier molecular flexibility index (Phi) is 4.49. The number of fused-ring (bicyclic) bond motifs is 7. The third kappa shape index (κ3) is 3.31. The van der Waals surface area contributed by atoms with Gasteiger partial charge in [-0.3, -0.25) is 9.97 Å². The van der Waals surface area contributed by atoms with E-state index in [1.54, 1.807) is 0 Å². The van der Waals surface area contributed by atoms with Crippen molar-refractivity contribution in [2.45, 2.75) is 0 Å². The Morgan fingerprint density at radius 2 is 1.03 bits per heavy atom. The van der Waals surface area contributed by atoms with Crippen LogP contribution >= 0.6 is 0 Å². The molecule has 0 bridgehead atoms. The number of aromatic nitrogens is 4. The van der Waals surface area contributed by atoms with Crippen LogP contribution in [0.25, 0.3) is 76.8 Å². The largest absolute Gasteiger partial charge is 0.264 e. The van der Waals surface area contributed by atoms with E-state index in [1.165, 1.54) is 5.39 Å². The van der Waals surface area contributed by atoms with Crippen molar-refractivity contribution in [3.05, 3.63) is 122 Å². The van der Waals surface area contributed by atoms with Gasteiger partial charge in [0.1, 0.15) is 0 Å². The van der Waals surface area contributed by atoms with Crippen LogP contribution in [0, 0.1) is 0 Å². The van der Waals surface area contributed by atoms with Gasteiger partial charge < -0.3 is 0 Å². The minimum atomic E-state index is 0.927. The Labute approximate surface area is 218 Å². The molecule has 4 aromatic carbocycles. The highest BCUT2D eigenvalue weighted by atomic mass is 14.8. The van der Waals surface area contributed by atoms with E-state index in [9.17, 15) is 0 Å². The molecule has 0 radical (unpaired) electrons. The first kappa shape index (κ1) is 20.9. The van der Waals surface area contributed by atoms with Crippen LogP contribution < -0.4 is 0 Å². The van der Waals surface area contributed by atoms with Crippen LogP contribution in [0.15, 0.2) is 122 Å². The van der Waals surface area contributed by atoms with Gasteiger partial charge in [-0.15, -0.1) is 0 Å². The molecule has 38 heavy (non-hydrogen) atoms. The van der Waals surface area contributed by atoms with Gasteiger partial charge >= 0.3 is 0 Å². The molecule has 4 aromatic heterocycles. The van der Waals surface area contributed by atoms with Crippen LogP contribution in [-0.2, 0) is 0 Å². The molecule has 0 fully saturated rings. The summed E-state index contributed by atoms with van der Waals surface area (Å²) >= 11 is 0. The third-order valence-electron chi connectivity index (χ3n) is 7.34. The lowest BCUT2D eigenvalue weighted by Gasteiger charge is -2.09. The Morgan fingerprint density at radius 1 is 0.421 bits per heavy atom. The summed E-state index contributed by atoms with van der Waals surface area (Å²) in [7, 11) is 0. The Balaban J connectivity index is 1.26. The lowest BCUT2D eigenvalue weighted by Crippen LogP contribution is -1.90. The maximum atomic E-state index is 5.06. The lowest BCUT2D eigenvalue weighted by atomic mass is 10.00. The van der Waals surface area contributed by atoms with Crippen LogP contribution in [0.4, 0.5) is 0 Å². The number of rotatable bonds is 2. The summed E-state index contributed by atoms with van der Waals surface area (Å²) in [5.41, 5.74) is 6.88. The molecule has 8 rings (SSSR count). The monoisotopic (exact) mass is 484 g/mol. The van der Waals surface area contributed by atoms with E-state index >= 15 is 0 Å². The molecular weight excluding hydrogens is 464 g/mol. The fourth-order valence-corrected chi connectivity index (χ4v) is 5.36. The molecule has 0 saturated carbocycles. The summed E-state index contributed by atoms with van der Waals surface area (Å²) in [6.45, 7) is 0. The minimum absolute atomic E-state index is 0.927. The van der Waals surface area contributed by atoms with Gasteiger partial charge in [0.25, 0.3) is 0 Å². The molecule has 4 nitrogen and oxygen atoms in total. The first-order chi connectivity index (χ1) is 18.8. The standard InChI is InChI=1S/C34H20N4/c1-2-23-7-8-25-12-14-31(38-34(25)33(23)36-16-1)27-10-4-21-3-9-26(18-28(21)19-27)30-13-11-24-6-5-22-15-17-35-20-29(22)32(24)37-30/h1-20H. The molecule has 0 atom stereocenters. The van der Waals surface area contributed by atoms with Crippen LogP contribution in [0.3, 0.4) is 0 Å². The zero-order valence-corrected chi connectivity index (χ0v) is 20.3. The van der Waals surface area contributed by atoms with E-state index in [-0.39, 0.29) is 0 Å². The molecule has 0 aliphatic heterocycles. The average Bonchev–Trinajstić information content (AvgIpc) is 3.00. The van der Waals surface area contributed by atoms with Crippen LogP contribution in [0.5, 0.6) is 0 Å². The number of nitrogens with zero attached hydrogens (tertiary/aromatic N) is 4. The second-order valence-electron chi connectivity index (χ2n) is 9.62. The van der Waals surface area contributed by atoms with Crippen molar-refractivity contribution in [1.82, 2.24) is 19.9 Å². The van der Waals surface area contributed by atoms with Gasteiger partial charge in [-0.25, -0.2) is 9.97 Å². The summed E-state index contributed by atoms with van der Waals surface area (Å²) in [5, 5.41) is 7.85. The van der Waals surface area contributed by atoms with E-state index in [0.717, 1.165) is 71.4 Å². The Bertz CT molecular complexity index is 2050. The molecule has 4 heterocycles. The lowest BCUT2D eigenvalue weighted by molar-refractivity contribution is 1.36. The molecule has 0 spiro atoms. The fraction of sp³-hybridized carbons (Fsp3) is 0. The number of hydrogen-bond donors (Lipinski definition) is 0. The predicted molar refractivity (Wildman–Crippen MR) is 156 cm³/mol. The highest BCUT2D eigenvalue weighted by molar-refractivity contribution is 6.06. The highest BCUT2D eigenvalue weighted by Gasteiger charge is 2.09. The Hall–Kier alpha value is -5.22. The predicted octanol–water partition coefficient (Wildman–Crippen LogP) is 8.37. The molecular formula is C34H20N4. The summed E-state index contributed by atoms with van der Waals surface area (Å²) < 4.78 is 0. The average molecular weight is 485 g/mol. The molecule has 0 saturated heterocycles.